The van der Waals surface area contributed by atoms with Crippen LogP contribution in [-0.4, -0.2) is 61.5 Å². The van der Waals surface area contributed by atoms with Gasteiger partial charge in [-0.25, -0.2) is 17.8 Å². The second kappa shape index (κ2) is 11.1. The van der Waals surface area contributed by atoms with E-state index in [4.69, 9.17) is 0 Å². The fourth-order valence-electron chi connectivity index (χ4n) is 3.87. The Morgan fingerprint density at radius 1 is 1.22 bits per heavy atom. The van der Waals surface area contributed by atoms with Gasteiger partial charge in [0.1, 0.15) is 11.5 Å². The van der Waals surface area contributed by atoms with Crippen molar-refractivity contribution in [3.05, 3.63) is 59.2 Å². The smallest absolute Gasteiger partial charge is 0.869 e. The van der Waals surface area contributed by atoms with Gasteiger partial charge in [-0.3, -0.25) is 18.9 Å². The Kier molecular flexibility index (Phi) is 8.55. The summed E-state index contributed by atoms with van der Waals surface area (Å²) in [6.07, 6.45) is 2.49. The van der Waals surface area contributed by atoms with E-state index in [1.54, 1.807) is 6.07 Å². The van der Waals surface area contributed by atoms with Crippen LogP contribution >= 0.6 is 0 Å². The van der Waals surface area contributed by atoms with E-state index in [9.17, 15) is 27.5 Å². The van der Waals surface area contributed by atoms with Gasteiger partial charge in [-0.2, -0.15) is 0 Å². The zero-order chi connectivity index (χ0) is 25.3. The van der Waals surface area contributed by atoms with E-state index in [0.717, 1.165) is 16.4 Å². The van der Waals surface area contributed by atoms with E-state index in [-0.39, 0.29) is 70.7 Å². The third-order valence-electron chi connectivity index (χ3n) is 5.64. The van der Waals surface area contributed by atoms with Gasteiger partial charge >= 0.3 is 29.6 Å². The largest absolute Gasteiger partial charge is 1.00 e. The number of hydrogen-bond acceptors (Lipinski definition) is 7. The topological polar surface area (TPSA) is 136 Å². The molecule has 2 aromatic heterocycles. The number of benzene rings is 1. The summed E-state index contributed by atoms with van der Waals surface area (Å²) in [4.78, 5) is 35.0. The first kappa shape index (κ1) is 27.8. The molecule has 3 heterocycles. The summed E-state index contributed by atoms with van der Waals surface area (Å²) in [5.41, 5.74) is -0.197. The maximum Gasteiger partial charge on any atom is 1.00 e. The first-order valence-corrected chi connectivity index (χ1v) is 12.5. The number of nitrogens with one attached hydrogen (secondary N) is 1. The molecule has 1 fully saturated rings. The zero-order valence-corrected chi connectivity index (χ0v) is 22.9. The predicted molar refractivity (Wildman–Crippen MR) is 125 cm³/mol. The van der Waals surface area contributed by atoms with Crippen molar-refractivity contribution in [1.29, 1.82) is 0 Å². The van der Waals surface area contributed by atoms with Crippen molar-refractivity contribution in [1.82, 2.24) is 20.2 Å². The third-order valence-corrected chi connectivity index (χ3v) is 7.48. The molecular weight excluding hydrogens is 500 g/mol. The number of fused-ring (bicyclic) bond motifs is 1. The Morgan fingerprint density at radius 3 is 2.67 bits per heavy atom. The Morgan fingerprint density at radius 2 is 1.97 bits per heavy atom. The first-order valence-electron chi connectivity index (χ1n) is 10.8. The van der Waals surface area contributed by atoms with Crippen LogP contribution < -0.4 is 44.3 Å². The normalized spacial score (nSPS) is 14.7. The number of anilines is 1. The second-order valence-corrected chi connectivity index (χ2v) is 10.3. The van der Waals surface area contributed by atoms with Crippen LogP contribution in [0.2, 0.25) is 0 Å². The molecule has 36 heavy (non-hydrogen) atoms. The van der Waals surface area contributed by atoms with Gasteiger partial charge in [-0.15, -0.1) is 0 Å². The molecule has 3 aromatic rings. The van der Waals surface area contributed by atoms with Crippen LogP contribution in [-0.2, 0) is 16.6 Å². The number of sulfonamides is 1. The standard InChI is InChI=1S/C23H24FN5O5S.Na/c1-28(2)23(32)17-12-15(24)8-7-14(17)13-26-22(31)19-20(30)18-16(6-5-9-25-18)21(27-19)29-10-3-4-11-35(29,33)34;/h5-9,12,30H,3-4,10-11,13H2,1-2H3,(H,26,31);/q;+1/p-1. The molecule has 2 amide bonds. The fourth-order valence-corrected chi connectivity index (χ4v) is 5.47. The van der Waals surface area contributed by atoms with Crippen molar-refractivity contribution in [2.75, 3.05) is 30.7 Å². The van der Waals surface area contributed by atoms with E-state index in [0.29, 0.717) is 18.4 Å². The molecule has 1 aliphatic heterocycles. The van der Waals surface area contributed by atoms with Crippen molar-refractivity contribution in [3.8, 4) is 5.75 Å². The number of amides is 2. The van der Waals surface area contributed by atoms with Crippen molar-refractivity contribution in [2.45, 2.75) is 19.4 Å². The average molecular weight is 524 g/mol. The fraction of sp³-hybridized carbons (Fsp3) is 0.304. The van der Waals surface area contributed by atoms with Crippen molar-refractivity contribution < 1.29 is 57.1 Å². The second-order valence-electron chi connectivity index (χ2n) is 8.29. The van der Waals surface area contributed by atoms with E-state index in [1.165, 1.54) is 37.3 Å². The van der Waals surface area contributed by atoms with Crippen LogP contribution in [0.1, 0.15) is 39.3 Å². The maximum absolute atomic E-state index is 13.7. The molecule has 0 spiro atoms. The molecule has 0 unspecified atom stereocenters. The van der Waals surface area contributed by atoms with Gasteiger partial charge in [-0.1, -0.05) is 6.07 Å². The van der Waals surface area contributed by atoms with Crippen LogP contribution in [0.15, 0.2) is 36.5 Å². The molecule has 0 bridgehead atoms. The number of carbonyl (C=O) groups excluding carboxylic acids is 2. The van der Waals surface area contributed by atoms with Crippen LogP contribution in [0.5, 0.6) is 5.75 Å². The summed E-state index contributed by atoms with van der Waals surface area (Å²) in [5.74, 6) is -2.77. The molecule has 1 aliphatic rings. The molecule has 4 rings (SSSR count). The first-order chi connectivity index (χ1) is 16.6. The van der Waals surface area contributed by atoms with E-state index < -0.39 is 39.1 Å². The van der Waals surface area contributed by atoms with Gasteiger partial charge < -0.3 is 15.3 Å². The van der Waals surface area contributed by atoms with Crippen molar-refractivity contribution in [3.63, 3.8) is 0 Å². The van der Waals surface area contributed by atoms with Crippen LogP contribution in [0.4, 0.5) is 10.2 Å². The molecular formula is C23H23FN5NaO5S. The van der Waals surface area contributed by atoms with Gasteiger partial charge in [0, 0.05) is 44.3 Å². The van der Waals surface area contributed by atoms with E-state index in [2.05, 4.69) is 15.3 Å². The molecule has 1 aromatic carbocycles. The average Bonchev–Trinajstić information content (AvgIpc) is 2.83. The number of halogens is 1. The molecule has 0 radical (unpaired) electrons. The summed E-state index contributed by atoms with van der Waals surface area (Å²) >= 11 is 0. The summed E-state index contributed by atoms with van der Waals surface area (Å²) in [6.45, 7) is -0.0169. The molecule has 0 aliphatic carbocycles. The van der Waals surface area contributed by atoms with E-state index >= 15 is 0 Å². The molecule has 184 valence electrons. The number of rotatable bonds is 5. The molecule has 10 nitrogen and oxygen atoms in total. The molecule has 1 saturated heterocycles. The number of hydrogen-bond donors (Lipinski definition) is 1. The van der Waals surface area contributed by atoms with Crippen LogP contribution in [0.3, 0.4) is 0 Å². The quantitative estimate of drug-likeness (QED) is 0.398. The maximum atomic E-state index is 13.7. The van der Waals surface area contributed by atoms with Crippen LogP contribution in [0, 0.1) is 5.82 Å². The number of nitrogens with zero attached hydrogens (tertiary/aromatic N) is 4. The summed E-state index contributed by atoms with van der Waals surface area (Å²) in [6, 6.07) is 6.69. The Hall–Kier alpha value is -2.80. The SMILES string of the molecule is CN(C)C(=O)c1cc(F)ccc1CNC(=O)c1nc(N2CCCCS2(=O)=O)c2cccnc2c1[O-].[Na+]. The van der Waals surface area contributed by atoms with Crippen LogP contribution in [0.25, 0.3) is 10.9 Å². The number of aromatic nitrogens is 2. The Bertz CT molecular complexity index is 1430. The Balaban J connectivity index is 0.00000361. The Labute approximate surface area is 229 Å². The minimum absolute atomic E-state index is 0. The summed E-state index contributed by atoms with van der Waals surface area (Å²) in [5, 5.41) is 15.8. The number of carbonyl (C=O) groups is 2. The van der Waals surface area contributed by atoms with Gasteiger partial charge in [0.05, 0.1) is 11.3 Å². The molecule has 1 N–H and O–H groups in total. The molecule has 0 atom stereocenters. The van der Waals surface area contributed by atoms with Gasteiger partial charge in [0.2, 0.25) is 10.0 Å². The summed E-state index contributed by atoms with van der Waals surface area (Å²) in [7, 11) is -0.644. The molecule has 13 heteroatoms. The van der Waals surface area contributed by atoms with Gasteiger partial charge in [0.15, 0.2) is 5.82 Å². The molecule has 0 saturated carbocycles. The van der Waals surface area contributed by atoms with E-state index in [1.807, 2.05) is 0 Å². The summed E-state index contributed by atoms with van der Waals surface area (Å²) < 4.78 is 40.3. The minimum Gasteiger partial charge on any atom is -0.869 e. The number of pyridine rings is 2. The predicted octanol–water partition coefficient (Wildman–Crippen LogP) is -1.59. The third kappa shape index (κ3) is 5.46. The van der Waals surface area contributed by atoms with Gasteiger partial charge in [0.25, 0.3) is 11.8 Å². The van der Waals surface area contributed by atoms with Gasteiger partial charge in [-0.05, 0) is 48.4 Å². The van der Waals surface area contributed by atoms with Crippen molar-refractivity contribution in [2.24, 2.45) is 0 Å². The van der Waals surface area contributed by atoms with Crippen molar-refractivity contribution >= 4 is 38.6 Å². The minimum atomic E-state index is -3.67. The zero-order valence-electron chi connectivity index (χ0n) is 20.1. The monoisotopic (exact) mass is 523 g/mol.